The minimum absolute atomic E-state index is 0.0532. The second-order valence-corrected chi connectivity index (χ2v) is 6.81. The smallest absolute Gasteiger partial charge is 0.239 e. The average molecular weight is 328 g/mol. The van der Waals surface area contributed by atoms with E-state index in [2.05, 4.69) is 20.9 Å². The Morgan fingerprint density at radius 1 is 1.35 bits per heavy atom. The number of nitrogens with one attached hydrogen (secondary N) is 3. The van der Waals surface area contributed by atoms with Gasteiger partial charge in [0.15, 0.2) is 5.96 Å². The van der Waals surface area contributed by atoms with Crippen molar-refractivity contribution in [2.45, 2.75) is 39.2 Å². The third-order valence-corrected chi connectivity index (χ3v) is 3.29. The molecule has 1 aliphatic rings. The van der Waals surface area contributed by atoms with Gasteiger partial charge in [-0.15, -0.1) is 0 Å². The van der Waals surface area contributed by atoms with Crippen LogP contribution in [0, 0.1) is 5.92 Å². The highest BCUT2D eigenvalue weighted by atomic mass is 16.5. The lowest BCUT2D eigenvalue weighted by Gasteiger charge is -2.21. The predicted molar refractivity (Wildman–Crippen MR) is 91.6 cm³/mol. The minimum Gasteiger partial charge on any atom is -0.381 e. The van der Waals surface area contributed by atoms with Gasteiger partial charge in [-0.1, -0.05) is 0 Å². The van der Waals surface area contributed by atoms with Gasteiger partial charge in [0.05, 0.1) is 19.8 Å². The molecule has 1 unspecified atom stereocenters. The monoisotopic (exact) mass is 328 g/mol. The van der Waals surface area contributed by atoms with Crippen molar-refractivity contribution in [2.24, 2.45) is 10.9 Å². The van der Waals surface area contributed by atoms with Gasteiger partial charge in [0.25, 0.3) is 0 Å². The summed E-state index contributed by atoms with van der Waals surface area (Å²) in [6, 6.07) is 0. The molecular weight excluding hydrogens is 296 g/mol. The molecule has 1 saturated heterocycles. The van der Waals surface area contributed by atoms with Crippen molar-refractivity contribution in [3.8, 4) is 0 Å². The molecular formula is C16H32N4O3. The standard InChI is InChI=1S/C16H32N4O3/c1-16(2,3)20-14(21)10-19-15(17-4)18-7-5-8-22-11-13-6-9-23-12-13/h13H,5-12H2,1-4H3,(H,20,21)(H2,17,18,19). The molecule has 7 heteroatoms. The summed E-state index contributed by atoms with van der Waals surface area (Å²) < 4.78 is 11.0. The summed E-state index contributed by atoms with van der Waals surface area (Å²) in [5.41, 5.74) is -0.225. The van der Waals surface area contributed by atoms with Crippen LogP contribution in [0.4, 0.5) is 0 Å². The van der Waals surface area contributed by atoms with Gasteiger partial charge < -0.3 is 25.4 Å². The van der Waals surface area contributed by atoms with Gasteiger partial charge >= 0.3 is 0 Å². The summed E-state index contributed by atoms with van der Waals surface area (Å²) in [6.07, 6.45) is 1.99. The quantitative estimate of drug-likeness (QED) is 0.343. The van der Waals surface area contributed by atoms with E-state index in [1.807, 2.05) is 20.8 Å². The highest BCUT2D eigenvalue weighted by Crippen LogP contribution is 2.12. The molecule has 1 heterocycles. The SMILES string of the molecule is CN=C(NCCCOCC1CCOC1)NCC(=O)NC(C)(C)C. The molecule has 0 aromatic heterocycles. The van der Waals surface area contributed by atoms with Crippen molar-refractivity contribution in [3.05, 3.63) is 0 Å². The number of aliphatic imine (C=N–C) groups is 1. The number of ether oxygens (including phenoxy) is 2. The zero-order valence-corrected chi connectivity index (χ0v) is 14.9. The van der Waals surface area contributed by atoms with E-state index in [0.717, 1.165) is 39.2 Å². The zero-order chi connectivity index (χ0) is 17.1. The Kier molecular flexibility index (Phi) is 8.94. The molecule has 0 spiro atoms. The fourth-order valence-corrected chi connectivity index (χ4v) is 2.19. The van der Waals surface area contributed by atoms with Gasteiger partial charge in [0, 0.05) is 38.3 Å². The van der Waals surface area contributed by atoms with Crippen molar-refractivity contribution in [2.75, 3.05) is 46.6 Å². The van der Waals surface area contributed by atoms with Gasteiger partial charge in [-0.05, 0) is 33.6 Å². The Hall–Kier alpha value is -1.34. The van der Waals surface area contributed by atoms with E-state index in [9.17, 15) is 4.79 Å². The van der Waals surface area contributed by atoms with Gasteiger partial charge in [-0.3, -0.25) is 9.79 Å². The first-order chi connectivity index (χ1) is 10.9. The van der Waals surface area contributed by atoms with Crippen LogP contribution in [0.5, 0.6) is 0 Å². The van der Waals surface area contributed by atoms with Crippen LogP contribution in [0.15, 0.2) is 4.99 Å². The van der Waals surface area contributed by atoms with Crippen LogP contribution in [-0.2, 0) is 14.3 Å². The Labute approximate surface area is 139 Å². The van der Waals surface area contributed by atoms with Crippen molar-refractivity contribution in [1.82, 2.24) is 16.0 Å². The molecule has 3 N–H and O–H groups in total. The van der Waals surface area contributed by atoms with Crippen molar-refractivity contribution in [3.63, 3.8) is 0 Å². The normalized spacial score (nSPS) is 18.8. The first-order valence-electron chi connectivity index (χ1n) is 8.32. The van der Waals surface area contributed by atoms with E-state index in [1.165, 1.54) is 0 Å². The van der Waals surface area contributed by atoms with Crippen LogP contribution < -0.4 is 16.0 Å². The predicted octanol–water partition coefficient (Wildman–Crippen LogP) is 0.509. The lowest BCUT2D eigenvalue weighted by atomic mass is 10.1. The number of carbonyl (C=O) groups excluding carboxylic acids is 1. The number of rotatable bonds is 8. The van der Waals surface area contributed by atoms with Crippen LogP contribution in [-0.4, -0.2) is 64.0 Å². The molecule has 23 heavy (non-hydrogen) atoms. The summed E-state index contributed by atoms with van der Waals surface area (Å²) in [5.74, 6) is 1.12. The Morgan fingerprint density at radius 2 is 2.13 bits per heavy atom. The lowest BCUT2D eigenvalue weighted by molar-refractivity contribution is -0.121. The second kappa shape index (κ2) is 10.4. The third-order valence-electron chi connectivity index (χ3n) is 3.29. The first kappa shape index (κ1) is 19.7. The Bertz CT molecular complexity index is 374. The number of hydrogen-bond donors (Lipinski definition) is 3. The van der Waals surface area contributed by atoms with Crippen LogP contribution in [0.3, 0.4) is 0 Å². The van der Waals surface area contributed by atoms with E-state index in [0.29, 0.717) is 18.5 Å². The van der Waals surface area contributed by atoms with Crippen molar-refractivity contribution < 1.29 is 14.3 Å². The minimum atomic E-state index is -0.225. The maximum Gasteiger partial charge on any atom is 0.239 e. The van der Waals surface area contributed by atoms with Crippen LogP contribution in [0.25, 0.3) is 0 Å². The second-order valence-electron chi connectivity index (χ2n) is 6.81. The molecule has 0 aromatic carbocycles. The summed E-state index contributed by atoms with van der Waals surface area (Å²) >= 11 is 0. The number of guanidine groups is 1. The summed E-state index contributed by atoms with van der Waals surface area (Å²) in [6.45, 7) is 9.99. The maximum atomic E-state index is 11.7. The number of hydrogen-bond acceptors (Lipinski definition) is 4. The molecule has 0 aromatic rings. The molecule has 1 rings (SSSR count). The third kappa shape index (κ3) is 10.1. The average Bonchev–Trinajstić information content (AvgIpc) is 2.97. The van der Waals surface area contributed by atoms with Crippen LogP contribution >= 0.6 is 0 Å². The molecule has 7 nitrogen and oxygen atoms in total. The highest BCUT2D eigenvalue weighted by Gasteiger charge is 2.15. The zero-order valence-electron chi connectivity index (χ0n) is 14.9. The van der Waals surface area contributed by atoms with Gasteiger partial charge in [0.1, 0.15) is 0 Å². The topological polar surface area (TPSA) is 84.0 Å². The fourth-order valence-electron chi connectivity index (χ4n) is 2.19. The molecule has 1 amide bonds. The van der Waals surface area contributed by atoms with Crippen molar-refractivity contribution in [1.29, 1.82) is 0 Å². The molecule has 0 saturated carbocycles. The molecule has 1 atom stereocenters. The van der Waals surface area contributed by atoms with Crippen molar-refractivity contribution >= 4 is 11.9 Å². The van der Waals surface area contributed by atoms with E-state index < -0.39 is 0 Å². The van der Waals surface area contributed by atoms with E-state index in [1.54, 1.807) is 7.05 Å². The molecule has 0 radical (unpaired) electrons. The lowest BCUT2D eigenvalue weighted by Crippen LogP contribution is -2.48. The van der Waals surface area contributed by atoms with Gasteiger partial charge in [-0.2, -0.15) is 0 Å². The first-order valence-corrected chi connectivity index (χ1v) is 8.32. The number of nitrogens with zero attached hydrogens (tertiary/aromatic N) is 1. The number of carbonyl (C=O) groups is 1. The molecule has 0 aliphatic carbocycles. The number of amides is 1. The molecule has 134 valence electrons. The summed E-state index contributed by atoms with van der Waals surface area (Å²) in [4.78, 5) is 15.8. The highest BCUT2D eigenvalue weighted by molar-refractivity contribution is 5.86. The van der Waals surface area contributed by atoms with E-state index >= 15 is 0 Å². The summed E-state index contributed by atoms with van der Waals surface area (Å²) in [7, 11) is 1.69. The molecule has 1 aliphatic heterocycles. The van der Waals surface area contributed by atoms with E-state index in [-0.39, 0.29) is 18.0 Å². The van der Waals surface area contributed by atoms with Gasteiger partial charge in [-0.25, -0.2) is 0 Å². The molecule has 0 bridgehead atoms. The fraction of sp³-hybridized carbons (Fsp3) is 0.875. The summed E-state index contributed by atoms with van der Waals surface area (Å²) in [5, 5.41) is 9.06. The Balaban J connectivity index is 2.03. The van der Waals surface area contributed by atoms with E-state index in [4.69, 9.17) is 9.47 Å². The Morgan fingerprint density at radius 3 is 2.74 bits per heavy atom. The largest absolute Gasteiger partial charge is 0.381 e. The van der Waals surface area contributed by atoms with Crippen LogP contribution in [0.1, 0.15) is 33.6 Å². The molecule has 1 fully saturated rings. The maximum absolute atomic E-state index is 11.7. The van der Waals surface area contributed by atoms with Gasteiger partial charge in [0.2, 0.25) is 5.91 Å². The van der Waals surface area contributed by atoms with Crippen LogP contribution in [0.2, 0.25) is 0 Å².